The van der Waals surface area contributed by atoms with Crippen molar-refractivity contribution in [2.45, 2.75) is 17.8 Å². The number of amides is 3. The Morgan fingerprint density at radius 2 is 2.13 bits per heavy atom. The van der Waals surface area contributed by atoms with Crippen molar-refractivity contribution < 1.29 is 37.4 Å². The maximum atomic E-state index is 12.5. The van der Waals surface area contributed by atoms with Gasteiger partial charge < -0.3 is 20.9 Å². The number of anilines is 1. The van der Waals surface area contributed by atoms with Crippen molar-refractivity contribution in [2.24, 2.45) is 5.73 Å². The number of sulfonamides is 1. The number of carbonyl (C=O) groups excluding carboxylic acids is 3. The summed E-state index contributed by atoms with van der Waals surface area (Å²) in [6.45, 7) is -0.356. The number of hydrogen-bond acceptors (Lipinski definition) is 10. The van der Waals surface area contributed by atoms with Crippen LogP contribution in [0.5, 0.6) is 0 Å². The highest BCUT2D eigenvalue weighted by molar-refractivity contribution is 8.00. The van der Waals surface area contributed by atoms with Gasteiger partial charge in [0.15, 0.2) is 5.13 Å². The number of fused-ring (bicyclic) bond motifs is 1. The lowest BCUT2D eigenvalue weighted by atomic mass is 10.0. The van der Waals surface area contributed by atoms with Gasteiger partial charge in [-0.15, -0.1) is 23.1 Å². The van der Waals surface area contributed by atoms with Gasteiger partial charge in [-0.25, -0.2) is 23.0 Å². The van der Waals surface area contributed by atoms with Crippen LogP contribution in [-0.2, 0) is 35.6 Å². The van der Waals surface area contributed by atoms with Crippen LogP contribution < -0.4 is 15.8 Å². The summed E-state index contributed by atoms with van der Waals surface area (Å²) < 4.78 is 29.3. The van der Waals surface area contributed by atoms with Crippen LogP contribution in [0.1, 0.15) is 5.69 Å². The molecule has 0 spiro atoms. The molecule has 0 aliphatic carbocycles. The lowest BCUT2D eigenvalue weighted by molar-refractivity contribution is -0.150. The number of carboxylic acid groups (broad SMARTS) is 1. The van der Waals surface area contributed by atoms with Crippen LogP contribution in [0.15, 0.2) is 16.7 Å². The molecule has 0 bridgehead atoms. The molecule has 2 aliphatic heterocycles. The van der Waals surface area contributed by atoms with E-state index in [1.807, 2.05) is 0 Å². The van der Waals surface area contributed by atoms with E-state index in [1.54, 1.807) is 0 Å². The molecule has 0 aromatic carbocycles. The third-order valence-corrected chi connectivity index (χ3v) is 6.96. The molecule has 2 atom stereocenters. The lowest BCUT2D eigenvalue weighted by Crippen LogP contribution is -2.70. The Labute approximate surface area is 184 Å². The summed E-state index contributed by atoms with van der Waals surface area (Å²) in [6, 6.07) is -0.933. The van der Waals surface area contributed by atoms with E-state index in [1.165, 1.54) is 17.1 Å². The minimum atomic E-state index is -3.49. The van der Waals surface area contributed by atoms with Crippen molar-refractivity contribution in [3.63, 3.8) is 0 Å². The second kappa shape index (κ2) is 8.72. The molecule has 1 aromatic rings. The number of nitrogens with zero attached hydrogens (tertiary/aromatic N) is 2. The van der Waals surface area contributed by atoms with Gasteiger partial charge in [0, 0.05) is 16.7 Å². The normalized spacial score (nSPS) is 20.5. The van der Waals surface area contributed by atoms with Crippen molar-refractivity contribution in [3.8, 4) is 0 Å². The van der Waals surface area contributed by atoms with E-state index in [0.717, 1.165) is 22.5 Å². The molecular formula is C15H17N5O8S3. The van der Waals surface area contributed by atoms with Gasteiger partial charge in [0.05, 0.1) is 18.4 Å². The third kappa shape index (κ3) is 5.26. The fraction of sp³-hybridized carbons (Fsp3) is 0.400. The Balaban J connectivity index is 1.64. The van der Waals surface area contributed by atoms with Gasteiger partial charge in [-0.1, -0.05) is 0 Å². The fourth-order valence-electron chi connectivity index (χ4n) is 2.94. The first kappa shape index (κ1) is 22.8. The first-order valence-corrected chi connectivity index (χ1v) is 12.3. The number of nitrogens with two attached hydrogens (primary N) is 1. The average molecular weight is 492 g/mol. The standard InChI is InChI=1S/C15H17N5O8S3/c1-31(26,27)19-15-17-7(5-30-15)2-8(21)18-9-11(22)20-10(13(23)24)6(3-28-14(16)25)4-29-12(9)20/h5,9,12H,2-4H2,1H3,(H2,16,25)(H,17,19)(H,18,21)(H,23,24)/t9?,12-/m0/s1. The van der Waals surface area contributed by atoms with Crippen LogP contribution in [0, 0.1) is 0 Å². The number of carbonyl (C=O) groups is 4. The van der Waals surface area contributed by atoms with E-state index in [2.05, 4.69) is 19.8 Å². The summed E-state index contributed by atoms with van der Waals surface area (Å²) in [4.78, 5) is 52.3. The van der Waals surface area contributed by atoms with E-state index in [0.29, 0.717) is 5.69 Å². The Morgan fingerprint density at radius 3 is 2.74 bits per heavy atom. The van der Waals surface area contributed by atoms with E-state index < -0.39 is 45.3 Å². The quantitative estimate of drug-likeness (QED) is 0.323. The lowest BCUT2D eigenvalue weighted by Gasteiger charge is -2.49. The molecule has 31 heavy (non-hydrogen) atoms. The van der Waals surface area contributed by atoms with Crippen LogP contribution in [0.2, 0.25) is 0 Å². The molecule has 0 radical (unpaired) electrons. The summed E-state index contributed by atoms with van der Waals surface area (Å²) in [7, 11) is -3.49. The molecule has 1 saturated heterocycles. The van der Waals surface area contributed by atoms with Crippen LogP contribution >= 0.6 is 23.1 Å². The van der Waals surface area contributed by atoms with Gasteiger partial charge in [0.25, 0.3) is 5.91 Å². The van der Waals surface area contributed by atoms with Crippen LogP contribution in [0.4, 0.5) is 9.93 Å². The minimum absolute atomic E-state index is 0.112. The number of nitrogens with one attached hydrogen (secondary N) is 2. The van der Waals surface area contributed by atoms with Crippen LogP contribution in [0.25, 0.3) is 0 Å². The number of rotatable bonds is 8. The van der Waals surface area contributed by atoms with E-state index in [4.69, 9.17) is 5.73 Å². The molecule has 2 aliphatic rings. The number of primary amides is 1. The van der Waals surface area contributed by atoms with Gasteiger partial charge in [-0.3, -0.25) is 19.2 Å². The van der Waals surface area contributed by atoms with Crippen molar-refractivity contribution in [1.29, 1.82) is 0 Å². The summed E-state index contributed by atoms with van der Waals surface area (Å²) in [5.74, 6) is -2.34. The number of ether oxygens (including phenoxy) is 1. The van der Waals surface area contributed by atoms with E-state index in [9.17, 15) is 32.7 Å². The van der Waals surface area contributed by atoms with E-state index in [-0.39, 0.29) is 35.2 Å². The Bertz CT molecular complexity index is 1080. The summed E-state index contributed by atoms with van der Waals surface area (Å²) >= 11 is 2.22. The second-order valence-corrected chi connectivity index (χ2v) is 10.2. The summed E-state index contributed by atoms with van der Waals surface area (Å²) in [5.41, 5.74) is 5.14. The minimum Gasteiger partial charge on any atom is -0.477 e. The molecule has 3 heterocycles. The van der Waals surface area contributed by atoms with Crippen molar-refractivity contribution in [1.82, 2.24) is 15.2 Å². The van der Waals surface area contributed by atoms with Crippen molar-refractivity contribution >= 4 is 62.1 Å². The molecule has 3 rings (SSSR count). The molecule has 1 aromatic heterocycles. The summed E-state index contributed by atoms with van der Waals surface area (Å²) in [5, 5.41) is 13.0. The van der Waals surface area contributed by atoms with Gasteiger partial charge in [-0.2, -0.15) is 0 Å². The topological polar surface area (TPSA) is 198 Å². The maximum Gasteiger partial charge on any atom is 0.404 e. The summed E-state index contributed by atoms with van der Waals surface area (Å²) in [6.07, 6.45) is -0.286. The molecule has 168 valence electrons. The first-order chi connectivity index (χ1) is 14.5. The van der Waals surface area contributed by atoms with Gasteiger partial charge in [0.2, 0.25) is 15.9 Å². The molecule has 1 fully saturated rings. The number of thiazole rings is 1. The highest BCUT2D eigenvalue weighted by atomic mass is 32.2. The van der Waals surface area contributed by atoms with Gasteiger partial charge in [-0.05, 0) is 0 Å². The Hall–Kier alpha value is -2.85. The van der Waals surface area contributed by atoms with Crippen molar-refractivity contribution in [3.05, 3.63) is 22.3 Å². The monoisotopic (exact) mass is 491 g/mol. The zero-order valence-electron chi connectivity index (χ0n) is 15.9. The fourth-order valence-corrected chi connectivity index (χ4v) is 5.83. The molecule has 0 saturated carbocycles. The third-order valence-electron chi connectivity index (χ3n) is 4.12. The largest absolute Gasteiger partial charge is 0.477 e. The number of aromatic nitrogens is 1. The SMILES string of the molecule is CS(=O)(=O)Nc1nc(CC(=O)NC2C(=O)N3C(C(=O)O)=C(COC(N)=O)CS[C@@H]23)cs1. The van der Waals surface area contributed by atoms with Crippen LogP contribution in [-0.4, -0.2) is 77.3 Å². The zero-order chi connectivity index (χ0) is 22.9. The first-order valence-electron chi connectivity index (χ1n) is 8.50. The Morgan fingerprint density at radius 1 is 1.42 bits per heavy atom. The zero-order valence-corrected chi connectivity index (χ0v) is 18.3. The molecule has 13 nitrogen and oxygen atoms in total. The molecular weight excluding hydrogens is 474 g/mol. The van der Waals surface area contributed by atoms with Crippen molar-refractivity contribution in [2.75, 3.05) is 23.3 Å². The second-order valence-electron chi connectivity index (χ2n) is 6.52. The van der Waals surface area contributed by atoms with Gasteiger partial charge >= 0.3 is 12.1 Å². The highest BCUT2D eigenvalue weighted by Crippen LogP contribution is 2.40. The molecule has 16 heteroatoms. The molecule has 1 unspecified atom stereocenters. The van der Waals surface area contributed by atoms with E-state index >= 15 is 0 Å². The molecule has 5 N–H and O–H groups in total. The smallest absolute Gasteiger partial charge is 0.404 e. The number of aliphatic carboxylic acids is 1. The predicted octanol–water partition coefficient (Wildman–Crippen LogP) is -1.11. The van der Waals surface area contributed by atoms with Crippen LogP contribution in [0.3, 0.4) is 0 Å². The number of thioether (sulfide) groups is 1. The number of carboxylic acids is 1. The van der Waals surface area contributed by atoms with Gasteiger partial charge in [0.1, 0.15) is 23.7 Å². The highest BCUT2D eigenvalue weighted by Gasteiger charge is 2.54. The Kier molecular flexibility index (Phi) is 6.42. The predicted molar refractivity (Wildman–Crippen MR) is 110 cm³/mol. The number of hydrogen-bond donors (Lipinski definition) is 4. The molecule has 3 amide bonds. The number of β-lactam (4-membered cyclic amide) rings is 1. The average Bonchev–Trinajstić information content (AvgIpc) is 3.07. The maximum absolute atomic E-state index is 12.5.